The van der Waals surface area contributed by atoms with E-state index in [0.29, 0.717) is 23.9 Å². The Morgan fingerprint density at radius 3 is 2.36 bits per heavy atom. The van der Waals surface area contributed by atoms with Crippen LogP contribution in [0.5, 0.6) is 0 Å². The van der Waals surface area contributed by atoms with Gasteiger partial charge in [0, 0.05) is 35.6 Å². The number of aryl methyl sites for hydroxylation is 3. The van der Waals surface area contributed by atoms with Gasteiger partial charge < -0.3 is 4.98 Å². The van der Waals surface area contributed by atoms with E-state index >= 15 is 0 Å². The lowest BCUT2D eigenvalue weighted by Gasteiger charge is -2.31. The molecule has 2 heterocycles. The van der Waals surface area contributed by atoms with Crippen LogP contribution in [0, 0.1) is 13.8 Å². The van der Waals surface area contributed by atoms with Gasteiger partial charge >= 0.3 is 0 Å². The Morgan fingerprint density at radius 1 is 1.04 bits per heavy atom. The van der Waals surface area contributed by atoms with Crippen molar-refractivity contribution in [2.45, 2.75) is 50.8 Å². The molecule has 1 fully saturated rings. The third kappa shape index (κ3) is 3.38. The molecule has 1 saturated heterocycles. The topological polar surface area (TPSA) is 53.2 Å². The second-order valence-electron chi connectivity index (χ2n) is 7.89. The number of hydrogen-bond acceptors (Lipinski definition) is 2. The monoisotopic (exact) mass is 396 g/mol. The number of aromatic nitrogens is 1. The van der Waals surface area contributed by atoms with Crippen molar-refractivity contribution in [3.8, 4) is 0 Å². The second-order valence-corrected chi connectivity index (χ2v) is 9.83. The molecular formula is C23H28N2O2S. The number of sulfonamides is 1. The van der Waals surface area contributed by atoms with Gasteiger partial charge in [-0.25, -0.2) is 8.42 Å². The summed E-state index contributed by atoms with van der Waals surface area (Å²) in [5.74, 6) is 0.377. The van der Waals surface area contributed by atoms with Gasteiger partial charge in [-0.15, -0.1) is 0 Å². The fourth-order valence-corrected chi connectivity index (χ4v) is 5.77. The largest absolute Gasteiger partial charge is 0.358 e. The summed E-state index contributed by atoms with van der Waals surface area (Å²) in [6.45, 7) is 7.49. The Hall–Kier alpha value is -2.11. The van der Waals surface area contributed by atoms with Crippen LogP contribution in [0.15, 0.2) is 47.4 Å². The van der Waals surface area contributed by atoms with E-state index in [1.807, 2.05) is 12.1 Å². The minimum atomic E-state index is -3.41. The molecule has 0 atom stereocenters. The van der Waals surface area contributed by atoms with Gasteiger partial charge in [-0.05, 0) is 68.5 Å². The predicted octanol–water partition coefficient (Wildman–Crippen LogP) is 4.92. The van der Waals surface area contributed by atoms with E-state index in [1.165, 1.54) is 27.7 Å². The van der Waals surface area contributed by atoms with Crippen LogP contribution in [0.4, 0.5) is 0 Å². The minimum Gasteiger partial charge on any atom is -0.358 e. The van der Waals surface area contributed by atoms with Crippen LogP contribution < -0.4 is 0 Å². The summed E-state index contributed by atoms with van der Waals surface area (Å²) in [5, 5.41) is 1.28. The number of rotatable bonds is 4. The smallest absolute Gasteiger partial charge is 0.243 e. The molecule has 0 radical (unpaired) electrons. The predicted molar refractivity (Wildman–Crippen MR) is 114 cm³/mol. The molecule has 4 nitrogen and oxygen atoms in total. The molecule has 5 heteroatoms. The van der Waals surface area contributed by atoms with Gasteiger partial charge in [-0.1, -0.05) is 30.7 Å². The second kappa shape index (κ2) is 7.37. The zero-order valence-corrected chi connectivity index (χ0v) is 17.6. The quantitative estimate of drug-likeness (QED) is 0.681. The number of piperidine rings is 1. The summed E-state index contributed by atoms with van der Waals surface area (Å²) in [5.41, 5.74) is 6.16. The molecule has 0 amide bonds. The van der Waals surface area contributed by atoms with E-state index < -0.39 is 10.0 Å². The van der Waals surface area contributed by atoms with Crippen LogP contribution in [0.1, 0.15) is 48.1 Å². The molecule has 148 valence electrons. The van der Waals surface area contributed by atoms with E-state index in [-0.39, 0.29) is 0 Å². The molecule has 0 unspecified atom stereocenters. The minimum absolute atomic E-state index is 0.377. The SMILES string of the molecule is CCc1ccc(S(=O)(=O)N2CCC(c3[nH]c4ccc(C)cc4c3C)CC2)cc1. The molecule has 0 saturated carbocycles. The summed E-state index contributed by atoms with van der Waals surface area (Å²) in [6.07, 6.45) is 2.60. The molecule has 0 aliphatic carbocycles. The van der Waals surface area contributed by atoms with Gasteiger partial charge in [-0.2, -0.15) is 4.31 Å². The maximum Gasteiger partial charge on any atom is 0.243 e. The lowest BCUT2D eigenvalue weighted by Crippen LogP contribution is -2.38. The normalized spacial score (nSPS) is 16.7. The first kappa shape index (κ1) is 19.2. The molecule has 2 aromatic carbocycles. The molecular weight excluding hydrogens is 368 g/mol. The van der Waals surface area contributed by atoms with Gasteiger partial charge in [0.15, 0.2) is 0 Å². The first-order valence-corrected chi connectivity index (χ1v) is 11.5. The first-order chi connectivity index (χ1) is 13.4. The van der Waals surface area contributed by atoms with E-state index in [2.05, 4.69) is 44.0 Å². The summed E-state index contributed by atoms with van der Waals surface area (Å²) in [7, 11) is -3.41. The highest BCUT2D eigenvalue weighted by Gasteiger charge is 2.31. The van der Waals surface area contributed by atoms with Gasteiger partial charge in [0.05, 0.1) is 4.90 Å². The summed E-state index contributed by atoms with van der Waals surface area (Å²) >= 11 is 0. The summed E-state index contributed by atoms with van der Waals surface area (Å²) < 4.78 is 27.6. The lowest BCUT2D eigenvalue weighted by atomic mass is 9.92. The molecule has 4 rings (SSSR count). The first-order valence-electron chi connectivity index (χ1n) is 10.1. The number of benzene rings is 2. The van der Waals surface area contributed by atoms with Gasteiger partial charge in [0.25, 0.3) is 0 Å². The number of aromatic amines is 1. The molecule has 1 aliphatic heterocycles. The Labute approximate surface area is 167 Å². The highest BCUT2D eigenvalue weighted by atomic mass is 32.2. The Bertz CT molecular complexity index is 1090. The molecule has 28 heavy (non-hydrogen) atoms. The van der Waals surface area contributed by atoms with Crippen molar-refractivity contribution in [2.75, 3.05) is 13.1 Å². The van der Waals surface area contributed by atoms with Crippen LogP contribution in [0.25, 0.3) is 10.9 Å². The number of nitrogens with one attached hydrogen (secondary N) is 1. The van der Waals surface area contributed by atoms with Crippen LogP contribution in [-0.4, -0.2) is 30.8 Å². The van der Waals surface area contributed by atoms with E-state index in [0.717, 1.165) is 24.8 Å². The fraction of sp³-hybridized carbons (Fsp3) is 0.391. The molecule has 1 N–H and O–H groups in total. The van der Waals surface area contributed by atoms with Gasteiger partial charge in [0.2, 0.25) is 10.0 Å². The number of hydrogen-bond donors (Lipinski definition) is 1. The van der Waals surface area contributed by atoms with Crippen LogP contribution >= 0.6 is 0 Å². The molecule has 1 aliphatic rings. The number of fused-ring (bicyclic) bond motifs is 1. The van der Waals surface area contributed by atoms with Crippen molar-refractivity contribution in [2.24, 2.45) is 0 Å². The van der Waals surface area contributed by atoms with Crippen molar-refractivity contribution in [1.82, 2.24) is 9.29 Å². The van der Waals surface area contributed by atoms with Crippen molar-refractivity contribution >= 4 is 20.9 Å². The lowest BCUT2D eigenvalue weighted by molar-refractivity contribution is 0.317. The Kier molecular flexibility index (Phi) is 5.06. The molecule has 1 aromatic heterocycles. The molecule has 0 bridgehead atoms. The third-order valence-electron chi connectivity index (χ3n) is 6.08. The highest BCUT2D eigenvalue weighted by molar-refractivity contribution is 7.89. The zero-order valence-electron chi connectivity index (χ0n) is 16.8. The summed E-state index contributed by atoms with van der Waals surface area (Å²) in [4.78, 5) is 3.99. The van der Waals surface area contributed by atoms with Gasteiger partial charge in [-0.3, -0.25) is 0 Å². The average molecular weight is 397 g/mol. The average Bonchev–Trinajstić information content (AvgIpc) is 3.04. The Balaban J connectivity index is 1.52. The van der Waals surface area contributed by atoms with Crippen molar-refractivity contribution < 1.29 is 8.42 Å². The summed E-state index contributed by atoms with van der Waals surface area (Å²) in [6, 6.07) is 13.8. The standard InChI is InChI=1S/C23H28N2O2S/c1-4-18-6-8-20(9-7-18)28(26,27)25-13-11-19(12-14-25)23-17(3)21-15-16(2)5-10-22(21)24-23/h5-10,15,19,24H,4,11-14H2,1-3H3. The molecule has 3 aromatic rings. The maximum absolute atomic E-state index is 13.0. The maximum atomic E-state index is 13.0. The fourth-order valence-electron chi connectivity index (χ4n) is 4.30. The van der Waals surface area contributed by atoms with Crippen LogP contribution in [-0.2, 0) is 16.4 Å². The van der Waals surface area contributed by atoms with Crippen LogP contribution in [0.2, 0.25) is 0 Å². The highest BCUT2D eigenvalue weighted by Crippen LogP contribution is 2.35. The van der Waals surface area contributed by atoms with Crippen molar-refractivity contribution in [1.29, 1.82) is 0 Å². The van der Waals surface area contributed by atoms with Crippen molar-refractivity contribution in [3.63, 3.8) is 0 Å². The number of nitrogens with zero attached hydrogens (tertiary/aromatic N) is 1. The van der Waals surface area contributed by atoms with E-state index in [9.17, 15) is 8.42 Å². The van der Waals surface area contributed by atoms with E-state index in [4.69, 9.17) is 0 Å². The van der Waals surface area contributed by atoms with Crippen LogP contribution in [0.3, 0.4) is 0 Å². The van der Waals surface area contributed by atoms with E-state index in [1.54, 1.807) is 16.4 Å². The van der Waals surface area contributed by atoms with Crippen molar-refractivity contribution in [3.05, 3.63) is 64.8 Å². The Morgan fingerprint density at radius 2 is 1.71 bits per heavy atom. The zero-order chi connectivity index (χ0) is 19.9. The van der Waals surface area contributed by atoms with Gasteiger partial charge in [0.1, 0.15) is 0 Å². The third-order valence-corrected chi connectivity index (χ3v) is 8.00. The number of H-pyrrole nitrogens is 1. The molecule has 0 spiro atoms.